The van der Waals surface area contributed by atoms with Crippen LogP contribution in [-0.4, -0.2) is 110 Å². The lowest BCUT2D eigenvalue weighted by Crippen LogP contribution is -2.71. The van der Waals surface area contributed by atoms with Gasteiger partial charge in [0.1, 0.15) is 30.8 Å². The number of carbonyl (C=O) groups excluding carboxylic acids is 2. The lowest BCUT2D eigenvalue weighted by atomic mass is 10.0. The van der Waals surface area contributed by atoms with Crippen LogP contribution in [0.15, 0.2) is 16.4 Å². The predicted octanol–water partition coefficient (Wildman–Crippen LogP) is -0.799. The largest absolute Gasteiger partial charge is 0.477 e. The molecule has 190 valence electrons. The average Bonchev–Trinajstić information content (AvgIpc) is 3.40. The van der Waals surface area contributed by atoms with Gasteiger partial charge in [-0.05, 0) is 0 Å². The van der Waals surface area contributed by atoms with Crippen LogP contribution in [0.2, 0.25) is 0 Å². The Morgan fingerprint density at radius 2 is 2.20 bits per heavy atom. The van der Waals surface area contributed by atoms with E-state index in [2.05, 4.69) is 26.9 Å². The summed E-state index contributed by atoms with van der Waals surface area (Å²) in [4.78, 5) is 48.0. The molecule has 2 saturated heterocycles. The zero-order valence-electron chi connectivity index (χ0n) is 19.3. The Morgan fingerprint density at radius 3 is 2.83 bits per heavy atom. The van der Waals surface area contributed by atoms with Crippen molar-refractivity contribution in [2.24, 2.45) is 5.16 Å². The fraction of sp³-hybridized carbons (Fsp3) is 0.600. The number of anilines is 1. The second kappa shape index (κ2) is 10.1. The second-order valence-corrected chi connectivity index (χ2v) is 10.8. The molecule has 4 heterocycles. The summed E-state index contributed by atoms with van der Waals surface area (Å²) in [7, 11) is 3.34. The Kier molecular flexibility index (Phi) is 7.30. The molecule has 0 radical (unpaired) electrons. The van der Waals surface area contributed by atoms with Crippen molar-refractivity contribution in [1.29, 1.82) is 0 Å². The number of rotatable bonds is 9. The number of likely N-dealkylation sites (N-methyl/N-ethyl adjacent to an activating group) is 1. The number of amides is 2. The van der Waals surface area contributed by atoms with Gasteiger partial charge in [-0.15, -0.1) is 11.8 Å². The number of carbonyl (C=O) groups is 3. The molecule has 2 fully saturated rings. The van der Waals surface area contributed by atoms with Crippen LogP contribution in [0.5, 0.6) is 0 Å². The summed E-state index contributed by atoms with van der Waals surface area (Å²) in [5.74, 6) is -2.01. The van der Waals surface area contributed by atoms with Crippen molar-refractivity contribution in [3.05, 3.63) is 17.1 Å². The Morgan fingerprint density at radius 1 is 1.43 bits per heavy atom. The zero-order chi connectivity index (χ0) is 25.3. The molecular formula is C20H28N7O6S2+. The SMILES string of the molecule is CON=C(C(=O)N[C@@H]1C(=O)N2C(C(=O)O)=C(C[N+]3(C)CCCC3CCO)CS[C@@H]12)c1nsc(N)n1. The summed E-state index contributed by atoms with van der Waals surface area (Å²) >= 11 is 2.29. The first-order valence-corrected chi connectivity index (χ1v) is 12.9. The van der Waals surface area contributed by atoms with Gasteiger partial charge in [-0.3, -0.25) is 14.5 Å². The highest BCUT2D eigenvalue weighted by molar-refractivity contribution is 8.00. The van der Waals surface area contributed by atoms with Gasteiger partial charge in [0.25, 0.3) is 11.8 Å². The number of oxime groups is 1. The molecule has 4 atom stereocenters. The van der Waals surface area contributed by atoms with Gasteiger partial charge < -0.3 is 30.6 Å². The van der Waals surface area contributed by atoms with E-state index < -0.39 is 29.2 Å². The molecule has 3 aliphatic rings. The first-order chi connectivity index (χ1) is 16.7. The fourth-order valence-electron chi connectivity index (χ4n) is 5.05. The van der Waals surface area contributed by atoms with Gasteiger partial charge in [0.05, 0.1) is 19.6 Å². The number of aliphatic carboxylic acids is 1. The number of aliphatic hydroxyl groups excluding tert-OH is 1. The number of hydrogen-bond acceptors (Lipinski definition) is 11. The molecule has 5 N–H and O–H groups in total. The Hall–Kier alpha value is -2.75. The van der Waals surface area contributed by atoms with Crippen molar-refractivity contribution in [2.45, 2.75) is 36.7 Å². The maximum atomic E-state index is 13.0. The lowest BCUT2D eigenvalue weighted by Gasteiger charge is -2.50. The fourth-order valence-corrected chi connectivity index (χ4v) is 6.82. The van der Waals surface area contributed by atoms with Crippen LogP contribution in [0, 0.1) is 0 Å². The third-order valence-electron chi connectivity index (χ3n) is 6.69. The van der Waals surface area contributed by atoms with E-state index in [0.29, 0.717) is 28.8 Å². The normalized spacial score (nSPS) is 28.5. The van der Waals surface area contributed by atoms with Crippen LogP contribution in [0.25, 0.3) is 0 Å². The average molecular weight is 527 g/mol. The molecule has 2 amide bonds. The topological polar surface area (TPSA) is 180 Å². The van der Waals surface area contributed by atoms with E-state index in [9.17, 15) is 24.6 Å². The molecule has 0 spiro atoms. The summed E-state index contributed by atoms with van der Waals surface area (Å²) < 4.78 is 4.60. The molecule has 4 rings (SSSR count). The Labute approximate surface area is 209 Å². The summed E-state index contributed by atoms with van der Waals surface area (Å²) in [6.45, 7) is 1.47. The summed E-state index contributed by atoms with van der Waals surface area (Å²) in [6, 6.07) is -0.684. The quantitative estimate of drug-likeness (QED) is 0.138. The van der Waals surface area contributed by atoms with Crippen LogP contribution >= 0.6 is 23.3 Å². The monoisotopic (exact) mass is 526 g/mol. The summed E-state index contributed by atoms with van der Waals surface area (Å²) in [6.07, 6.45) is 2.64. The minimum absolute atomic E-state index is 0.0158. The molecule has 3 aliphatic heterocycles. The molecule has 13 nitrogen and oxygen atoms in total. The molecule has 0 saturated carbocycles. The first kappa shape index (κ1) is 25.3. The van der Waals surface area contributed by atoms with Crippen LogP contribution in [0.4, 0.5) is 5.13 Å². The number of nitrogens with two attached hydrogens (primary N) is 1. The number of nitrogen functional groups attached to an aromatic ring is 1. The van der Waals surface area contributed by atoms with Gasteiger partial charge in [0.2, 0.25) is 11.5 Å². The number of likely N-dealkylation sites (tertiary alicyclic amines) is 1. The van der Waals surface area contributed by atoms with Gasteiger partial charge in [0, 0.05) is 48.7 Å². The maximum absolute atomic E-state index is 13.0. The van der Waals surface area contributed by atoms with E-state index in [1.54, 1.807) is 0 Å². The van der Waals surface area contributed by atoms with E-state index in [1.165, 1.54) is 23.8 Å². The number of fused-ring (bicyclic) bond motifs is 1. The molecule has 1 aromatic rings. The second-order valence-electron chi connectivity index (χ2n) is 8.87. The number of nitrogens with one attached hydrogen (secondary N) is 1. The standard InChI is InChI=1S/C20H27N7O6S2/c1-27(6-3-4-11(27)5-7-28)8-10-9-34-18-13(17(30)26(18)14(10)19(31)32)22-16(29)12(24-33-2)15-23-20(21)35-25-15/h11,13,18,28H,3-9H2,1-2H3,(H3-,21,22,23,25,29,31,32)/p+1/t11?,13-,18+,27?/m1/s1. The molecule has 35 heavy (non-hydrogen) atoms. The molecular weight excluding hydrogens is 498 g/mol. The van der Waals surface area contributed by atoms with Gasteiger partial charge in [-0.25, -0.2) is 4.79 Å². The number of aromatic nitrogens is 2. The predicted molar refractivity (Wildman–Crippen MR) is 128 cm³/mol. The van der Waals surface area contributed by atoms with Gasteiger partial charge in [-0.1, -0.05) is 5.16 Å². The van der Waals surface area contributed by atoms with Crippen LogP contribution in [0.3, 0.4) is 0 Å². The van der Waals surface area contributed by atoms with Crippen molar-refractivity contribution in [1.82, 2.24) is 19.6 Å². The number of aliphatic hydroxyl groups is 1. The molecule has 1 aromatic heterocycles. The highest BCUT2D eigenvalue weighted by atomic mass is 32.2. The van der Waals surface area contributed by atoms with Crippen molar-refractivity contribution in [3.8, 4) is 0 Å². The minimum Gasteiger partial charge on any atom is -0.477 e. The van der Waals surface area contributed by atoms with Crippen molar-refractivity contribution in [2.75, 3.05) is 45.3 Å². The van der Waals surface area contributed by atoms with Crippen LogP contribution in [0.1, 0.15) is 25.1 Å². The van der Waals surface area contributed by atoms with Gasteiger partial charge in [-0.2, -0.15) is 9.36 Å². The van der Waals surface area contributed by atoms with Crippen molar-refractivity contribution < 1.29 is 33.9 Å². The van der Waals surface area contributed by atoms with E-state index in [0.717, 1.165) is 30.9 Å². The number of nitrogens with zero attached hydrogens (tertiary/aromatic N) is 5. The van der Waals surface area contributed by atoms with Crippen molar-refractivity contribution in [3.63, 3.8) is 0 Å². The number of thioether (sulfide) groups is 1. The highest BCUT2D eigenvalue weighted by Crippen LogP contribution is 2.42. The van der Waals surface area contributed by atoms with E-state index >= 15 is 0 Å². The number of quaternary nitrogens is 1. The molecule has 0 aromatic carbocycles. The maximum Gasteiger partial charge on any atom is 0.352 e. The molecule has 0 aliphatic carbocycles. The smallest absolute Gasteiger partial charge is 0.352 e. The number of β-lactam (4-membered cyclic amide) rings is 1. The Bertz CT molecular complexity index is 1090. The highest BCUT2D eigenvalue weighted by Gasteiger charge is 2.55. The zero-order valence-corrected chi connectivity index (χ0v) is 21.0. The first-order valence-electron chi connectivity index (χ1n) is 11.1. The third kappa shape index (κ3) is 4.72. The lowest BCUT2D eigenvalue weighted by molar-refractivity contribution is -0.917. The third-order valence-corrected chi connectivity index (χ3v) is 8.57. The van der Waals surface area contributed by atoms with E-state index in [4.69, 9.17) is 10.6 Å². The van der Waals surface area contributed by atoms with Crippen LogP contribution < -0.4 is 11.1 Å². The number of carboxylic acid groups (broad SMARTS) is 1. The van der Waals surface area contributed by atoms with E-state index in [1.807, 2.05) is 0 Å². The van der Waals surface area contributed by atoms with Gasteiger partial charge in [0.15, 0.2) is 5.13 Å². The molecule has 15 heteroatoms. The number of carboxylic acids is 1. The molecule has 0 bridgehead atoms. The van der Waals surface area contributed by atoms with E-state index in [-0.39, 0.29) is 35.0 Å². The minimum atomic E-state index is -1.17. The Balaban J connectivity index is 1.52. The molecule has 2 unspecified atom stereocenters. The van der Waals surface area contributed by atoms with Crippen LogP contribution in [-0.2, 0) is 19.2 Å². The van der Waals surface area contributed by atoms with Gasteiger partial charge >= 0.3 is 5.97 Å². The van der Waals surface area contributed by atoms with Crippen molar-refractivity contribution >= 4 is 51.9 Å². The summed E-state index contributed by atoms with van der Waals surface area (Å²) in [5, 5.41) is 25.3. The number of hydrogen-bond donors (Lipinski definition) is 4. The summed E-state index contributed by atoms with van der Waals surface area (Å²) in [5.41, 5.74) is 6.03.